The molecule has 0 atom stereocenters. The molecule has 2 fully saturated rings. The molecule has 60 heavy (non-hydrogen) atoms. The van der Waals surface area contributed by atoms with E-state index in [1.807, 2.05) is 32.9 Å². The number of aliphatic carboxylic acids is 1. The number of amides is 1. The van der Waals surface area contributed by atoms with Crippen LogP contribution in [0.4, 0.5) is 23.0 Å². The molecule has 2 aromatic heterocycles. The number of carboxylic acids is 1. The molecule has 0 radical (unpaired) electrons. The predicted molar refractivity (Wildman–Crippen MR) is 231 cm³/mol. The summed E-state index contributed by atoms with van der Waals surface area (Å²) in [5.41, 5.74) is 11.5. The summed E-state index contributed by atoms with van der Waals surface area (Å²) in [5, 5.41) is 10.3. The number of carbonyl (C=O) groups is 4. The first-order valence-electron chi connectivity index (χ1n) is 19.5. The minimum atomic E-state index is -0.833. The highest BCUT2D eigenvalue weighted by Crippen LogP contribution is 2.24. The molecule has 4 heterocycles. The molecule has 4 N–H and O–H groups in total. The van der Waals surface area contributed by atoms with Crippen LogP contribution in [-0.4, -0.2) is 101 Å². The normalized spacial score (nSPS) is 14.0. The van der Waals surface area contributed by atoms with Crippen LogP contribution in [0.2, 0.25) is 0 Å². The molecule has 2 aliphatic heterocycles. The monoisotopic (exact) mass is 812 g/mol. The van der Waals surface area contributed by atoms with Gasteiger partial charge in [0.2, 0.25) is 5.91 Å². The van der Waals surface area contributed by atoms with Crippen LogP contribution < -0.4 is 20.9 Å². The van der Waals surface area contributed by atoms with Crippen molar-refractivity contribution in [3.05, 3.63) is 120 Å². The second-order valence-electron chi connectivity index (χ2n) is 15.1. The molecule has 0 aliphatic carbocycles. The van der Waals surface area contributed by atoms with E-state index < -0.39 is 11.4 Å². The fourth-order valence-corrected chi connectivity index (χ4v) is 6.25. The number of aromatic nitrogens is 4. The Bertz CT molecular complexity index is 2510. The molecular weight excluding hydrogens is 765 g/mol. The van der Waals surface area contributed by atoms with E-state index >= 15 is 0 Å². The third kappa shape index (κ3) is 11.2. The number of ketones is 2. The number of nitrogens with one attached hydrogen (secondary N) is 1. The van der Waals surface area contributed by atoms with E-state index in [0.717, 1.165) is 55.8 Å². The molecule has 6 aromatic rings. The lowest BCUT2D eigenvalue weighted by Crippen LogP contribution is -2.36. The molecule has 0 bridgehead atoms. The van der Waals surface area contributed by atoms with Crippen molar-refractivity contribution in [1.29, 1.82) is 0 Å². The van der Waals surface area contributed by atoms with Crippen LogP contribution in [0.1, 0.15) is 59.5 Å². The number of hydrogen-bond donors (Lipinski definition) is 3. The summed E-state index contributed by atoms with van der Waals surface area (Å²) in [6, 6.07) is 24.7. The fraction of sp³-hybridized carbons (Fsp3) is 0.289. The maximum atomic E-state index is 13.1. The van der Waals surface area contributed by atoms with E-state index in [1.54, 1.807) is 85.2 Å². The molecule has 2 aliphatic rings. The van der Waals surface area contributed by atoms with Gasteiger partial charge in [-0.05, 0) is 60.7 Å². The number of nitrogens with two attached hydrogens (primary N) is 1. The van der Waals surface area contributed by atoms with Gasteiger partial charge in [-0.1, -0.05) is 45.0 Å². The Labute approximate surface area is 347 Å². The average Bonchev–Trinajstić information content (AvgIpc) is 3.25. The van der Waals surface area contributed by atoms with Crippen LogP contribution in [0.3, 0.4) is 0 Å². The van der Waals surface area contributed by atoms with Crippen LogP contribution in [0, 0.1) is 5.41 Å². The van der Waals surface area contributed by atoms with E-state index in [1.165, 1.54) is 0 Å². The molecule has 0 saturated carbocycles. The lowest BCUT2D eigenvalue weighted by molar-refractivity contribution is -0.134. The average molecular weight is 813 g/mol. The molecular formula is C45H48N8O7. The minimum absolute atomic E-state index is 0.0761. The molecule has 310 valence electrons. The van der Waals surface area contributed by atoms with Gasteiger partial charge in [0.05, 0.1) is 60.9 Å². The Morgan fingerprint density at radius 2 is 1.07 bits per heavy atom. The number of nitrogens with zero attached hydrogens (tertiary/aromatic N) is 6. The molecule has 1 amide bonds. The number of anilines is 4. The SMILES string of the molecule is CC(=O)O.CC(C)(C)C(=O)Nc1cccc(C(=O)c2ccc3ncc(N4CCOCC4)nc3c2)c1.Nc1cccc(C(=O)c2ccc3ncc(N4CCOCC4)nc3c2)c1. The smallest absolute Gasteiger partial charge is 0.300 e. The van der Waals surface area contributed by atoms with Crippen LogP contribution in [-0.2, 0) is 19.1 Å². The quantitative estimate of drug-likeness (QED) is 0.124. The van der Waals surface area contributed by atoms with Crippen molar-refractivity contribution in [2.24, 2.45) is 5.41 Å². The Kier molecular flexibility index (Phi) is 13.7. The highest BCUT2D eigenvalue weighted by Gasteiger charge is 2.22. The van der Waals surface area contributed by atoms with Crippen LogP contribution in [0.15, 0.2) is 97.3 Å². The van der Waals surface area contributed by atoms with E-state index in [2.05, 4.69) is 30.1 Å². The highest BCUT2D eigenvalue weighted by atomic mass is 16.5. The van der Waals surface area contributed by atoms with E-state index in [4.69, 9.17) is 30.1 Å². The number of nitrogen functional groups attached to an aromatic ring is 1. The maximum absolute atomic E-state index is 13.1. The second-order valence-corrected chi connectivity index (χ2v) is 15.1. The molecule has 15 nitrogen and oxygen atoms in total. The first-order valence-corrected chi connectivity index (χ1v) is 19.5. The number of hydrogen-bond acceptors (Lipinski definition) is 13. The van der Waals surface area contributed by atoms with Crippen LogP contribution in [0.25, 0.3) is 22.1 Å². The molecule has 0 spiro atoms. The van der Waals surface area contributed by atoms with Crippen molar-refractivity contribution in [2.45, 2.75) is 27.7 Å². The van der Waals surface area contributed by atoms with Crippen molar-refractivity contribution in [3.8, 4) is 0 Å². The van der Waals surface area contributed by atoms with Crippen LogP contribution in [0.5, 0.6) is 0 Å². The van der Waals surface area contributed by atoms with Crippen molar-refractivity contribution in [3.63, 3.8) is 0 Å². The molecule has 8 rings (SSSR count). The van der Waals surface area contributed by atoms with E-state index in [0.29, 0.717) is 71.1 Å². The zero-order chi connectivity index (χ0) is 42.8. The first-order chi connectivity index (χ1) is 28.7. The molecule has 4 aromatic carbocycles. The van der Waals surface area contributed by atoms with Crippen molar-refractivity contribution < 1.29 is 33.8 Å². The van der Waals surface area contributed by atoms with Gasteiger partial charge in [0, 0.05) is 72.1 Å². The zero-order valence-electron chi connectivity index (χ0n) is 34.1. The van der Waals surface area contributed by atoms with Gasteiger partial charge in [0.15, 0.2) is 11.6 Å². The highest BCUT2D eigenvalue weighted by molar-refractivity contribution is 6.11. The van der Waals surface area contributed by atoms with Gasteiger partial charge >= 0.3 is 0 Å². The molecule has 2 saturated heterocycles. The summed E-state index contributed by atoms with van der Waals surface area (Å²) >= 11 is 0. The number of morpholine rings is 2. The second kappa shape index (κ2) is 19.3. The number of carboxylic acid groups (broad SMARTS) is 1. The lowest BCUT2D eigenvalue weighted by Gasteiger charge is -2.27. The Hall–Kier alpha value is -6.84. The van der Waals surface area contributed by atoms with Gasteiger partial charge in [-0.15, -0.1) is 0 Å². The minimum Gasteiger partial charge on any atom is -0.481 e. The molecule has 15 heteroatoms. The van der Waals surface area contributed by atoms with Crippen LogP contribution >= 0.6 is 0 Å². The summed E-state index contributed by atoms with van der Waals surface area (Å²) in [6.07, 6.45) is 3.53. The number of ether oxygens (including phenoxy) is 2. The lowest BCUT2D eigenvalue weighted by atomic mass is 9.95. The number of benzene rings is 4. The standard InChI is InChI=1S/C24H26N4O3.C19H18N4O2.C2H4O2/c1-24(2,3)23(30)26-18-6-4-5-16(13-18)22(29)17-7-8-19-20(14-17)27-21(15-25-19)28-9-11-31-12-10-28;20-15-3-1-2-13(10-15)19(24)14-4-5-16-17(11-14)22-18(12-21-16)23-6-8-25-9-7-23;1-2(3)4/h4-8,13-15H,9-12H2,1-3H3,(H,26,30);1-5,10-12H,6-9,20H2;1H3,(H,3,4). The van der Waals surface area contributed by atoms with Gasteiger partial charge in [-0.2, -0.15) is 0 Å². The summed E-state index contributed by atoms with van der Waals surface area (Å²) in [4.78, 5) is 69.7. The van der Waals surface area contributed by atoms with Gasteiger partial charge < -0.3 is 35.4 Å². The van der Waals surface area contributed by atoms with Crippen molar-refractivity contribution in [2.75, 3.05) is 73.5 Å². The Morgan fingerprint density at radius 3 is 1.52 bits per heavy atom. The van der Waals surface area contributed by atoms with Gasteiger partial charge in [-0.25, -0.2) is 9.97 Å². The third-order valence-corrected chi connectivity index (χ3v) is 9.47. The number of fused-ring (bicyclic) bond motifs is 2. The molecule has 0 unspecified atom stereocenters. The first kappa shape index (κ1) is 42.8. The number of rotatable bonds is 7. The Balaban J connectivity index is 0.000000188. The Morgan fingerprint density at radius 1 is 0.633 bits per heavy atom. The van der Waals surface area contributed by atoms with Gasteiger partial charge in [0.25, 0.3) is 5.97 Å². The van der Waals surface area contributed by atoms with Gasteiger partial charge in [-0.3, -0.25) is 29.1 Å². The summed E-state index contributed by atoms with van der Waals surface area (Å²) in [7, 11) is 0. The predicted octanol–water partition coefficient (Wildman–Crippen LogP) is 6.05. The fourth-order valence-electron chi connectivity index (χ4n) is 6.25. The van der Waals surface area contributed by atoms with E-state index in [9.17, 15) is 14.4 Å². The zero-order valence-corrected chi connectivity index (χ0v) is 34.1. The topological polar surface area (TPSA) is 203 Å². The maximum Gasteiger partial charge on any atom is 0.300 e. The van der Waals surface area contributed by atoms with E-state index in [-0.39, 0.29) is 17.5 Å². The third-order valence-electron chi connectivity index (χ3n) is 9.47. The van der Waals surface area contributed by atoms with Crippen molar-refractivity contribution >= 4 is 68.5 Å². The largest absolute Gasteiger partial charge is 0.481 e. The summed E-state index contributed by atoms with van der Waals surface area (Å²) in [6.45, 7) is 12.5. The number of carbonyl (C=O) groups excluding carboxylic acids is 3. The summed E-state index contributed by atoms with van der Waals surface area (Å²) in [5.74, 6) is 0.450. The van der Waals surface area contributed by atoms with Crippen molar-refractivity contribution in [1.82, 2.24) is 19.9 Å². The summed E-state index contributed by atoms with van der Waals surface area (Å²) < 4.78 is 10.8. The van der Waals surface area contributed by atoms with Gasteiger partial charge in [0.1, 0.15) is 11.6 Å².